The van der Waals surface area contributed by atoms with Gasteiger partial charge in [0.2, 0.25) is 0 Å². The Labute approximate surface area is 189 Å². The van der Waals surface area contributed by atoms with E-state index in [0.29, 0.717) is 13.1 Å². The summed E-state index contributed by atoms with van der Waals surface area (Å²) in [6.07, 6.45) is 3.84. The summed E-state index contributed by atoms with van der Waals surface area (Å²) in [6.45, 7) is 11.1. The fourth-order valence-electron chi connectivity index (χ4n) is 4.29. The lowest BCUT2D eigenvalue weighted by Crippen LogP contribution is -2.46. The van der Waals surface area contributed by atoms with Crippen LogP contribution < -0.4 is 0 Å². The van der Waals surface area contributed by atoms with E-state index in [1.165, 1.54) is 21.6 Å². The van der Waals surface area contributed by atoms with Gasteiger partial charge in [0.15, 0.2) is 0 Å². The molecule has 7 heteroatoms. The summed E-state index contributed by atoms with van der Waals surface area (Å²) in [7, 11) is 4.18. The van der Waals surface area contributed by atoms with Gasteiger partial charge in [0, 0.05) is 41.9 Å². The highest BCUT2D eigenvalue weighted by Gasteiger charge is 2.45. The minimum atomic E-state index is -0.469. The summed E-state index contributed by atoms with van der Waals surface area (Å²) in [5, 5.41) is 5.02. The first-order valence-corrected chi connectivity index (χ1v) is 11.9. The molecule has 0 bridgehead atoms. The van der Waals surface area contributed by atoms with Gasteiger partial charge < -0.3 is 14.5 Å². The lowest BCUT2D eigenvalue weighted by atomic mass is 9.86. The molecule has 0 radical (unpaired) electrons. The van der Waals surface area contributed by atoms with E-state index in [1.54, 1.807) is 0 Å². The fraction of sp³-hybridized carbons (Fsp3) is 0.583. The number of fused-ring (bicyclic) bond motifs is 4. The second-order valence-corrected chi connectivity index (χ2v) is 11.4. The van der Waals surface area contributed by atoms with Crippen molar-refractivity contribution in [2.45, 2.75) is 62.3 Å². The molecule has 0 unspecified atom stereocenters. The molecular formula is C24H34N4O2S. The van der Waals surface area contributed by atoms with E-state index in [1.807, 2.05) is 37.4 Å². The van der Waals surface area contributed by atoms with E-state index in [9.17, 15) is 4.79 Å². The molecule has 168 valence electrons. The summed E-state index contributed by atoms with van der Waals surface area (Å²) >= 11 is 1.96. The Morgan fingerprint density at radius 3 is 2.61 bits per heavy atom. The van der Waals surface area contributed by atoms with E-state index in [-0.39, 0.29) is 10.8 Å². The van der Waals surface area contributed by atoms with Crippen molar-refractivity contribution in [3.05, 3.63) is 35.5 Å². The highest BCUT2D eigenvalue weighted by atomic mass is 32.2. The van der Waals surface area contributed by atoms with Gasteiger partial charge in [0.05, 0.1) is 17.0 Å². The first-order chi connectivity index (χ1) is 14.6. The van der Waals surface area contributed by atoms with Crippen LogP contribution in [0.25, 0.3) is 11.3 Å². The quantitative estimate of drug-likeness (QED) is 0.686. The van der Waals surface area contributed by atoms with Gasteiger partial charge in [0.25, 0.3) is 0 Å². The molecule has 1 aromatic carbocycles. The van der Waals surface area contributed by atoms with Crippen LogP contribution in [0.4, 0.5) is 4.79 Å². The van der Waals surface area contributed by atoms with Crippen LogP contribution >= 0.6 is 11.8 Å². The summed E-state index contributed by atoms with van der Waals surface area (Å²) < 4.78 is 7.66. The summed E-state index contributed by atoms with van der Waals surface area (Å²) in [6, 6.07) is 6.66. The maximum absolute atomic E-state index is 12.6. The zero-order chi connectivity index (χ0) is 22.4. The Kier molecular flexibility index (Phi) is 5.85. The molecule has 2 aromatic rings. The number of rotatable bonds is 3. The average molecular weight is 443 g/mol. The van der Waals surface area contributed by atoms with E-state index >= 15 is 0 Å². The molecule has 0 atom stereocenters. The van der Waals surface area contributed by atoms with Crippen LogP contribution in [0, 0.1) is 6.92 Å². The maximum atomic E-state index is 12.6. The molecule has 3 heterocycles. The molecule has 2 aliphatic heterocycles. The van der Waals surface area contributed by atoms with Gasteiger partial charge in [0.1, 0.15) is 5.60 Å². The van der Waals surface area contributed by atoms with Crippen LogP contribution in [0.5, 0.6) is 0 Å². The number of thioether (sulfide) groups is 1. The SMILES string of the molecule is Cc1ccc2c(c1)SC1(CCN(C(=O)OC(C)(C)C)CC1)c1cn(CCN(C)C)nc1-2. The third kappa shape index (κ3) is 4.62. The number of likely N-dealkylation sites (N-methyl/N-ethyl adjacent to an activating group) is 1. The number of carbonyl (C=O) groups is 1. The number of nitrogens with zero attached hydrogens (tertiary/aromatic N) is 4. The normalized spacial score (nSPS) is 17.6. The number of likely N-dealkylation sites (tertiary alicyclic amines) is 1. The number of carbonyl (C=O) groups excluding carboxylic acids is 1. The van der Waals surface area contributed by atoms with Gasteiger partial charge in [-0.1, -0.05) is 12.1 Å². The Bertz CT molecular complexity index is 968. The van der Waals surface area contributed by atoms with Crippen molar-refractivity contribution in [2.75, 3.05) is 33.7 Å². The van der Waals surface area contributed by atoms with E-state index < -0.39 is 5.60 Å². The number of aromatic nitrogens is 2. The number of ether oxygens (including phenoxy) is 1. The number of amides is 1. The second-order valence-electron chi connectivity index (χ2n) is 10.0. The monoisotopic (exact) mass is 442 g/mol. The highest BCUT2D eigenvalue weighted by Crippen LogP contribution is 2.57. The number of benzene rings is 1. The second kappa shape index (κ2) is 8.17. The number of aryl methyl sites for hydroxylation is 1. The molecule has 4 rings (SSSR count). The summed E-state index contributed by atoms with van der Waals surface area (Å²) in [4.78, 5) is 17.9. The van der Waals surface area contributed by atoms with E-state index in [0.717, 1.165) is 31.6 Å². The topological polar surface area (TPSA) is 50.6 Å². The Hall–Kier alpha value is -1.99. The van der Waals surface area contributed by atoms with Crippen LogP contribution in [0.2, 0.25) is 0 Å². The third-order valence-corrected chi connectivity index (χ3v) is 7.53. The molecule has 1 saturated heterocycles. The first kappa shape index (κ1) is 22.2. The smallest absolute Gasteiger partial charge is 0.410 e. The van der Waals surface area contributed by atoms with Crippen molar-refractivity contribution in [1.82, 2.24) is 19.6 Å². The van der Waals surface area contributed by atoms with Crippen molar-refractivity contribution in [3.63, 3.8) is 0 Å². The van der Waals surface area contributed by atoms with Crippen LogP contribution in [0.3, 0.4) is 0 Å². The van der Waals surface area contributed by atoms with Gasteiger partial charge >= 0.3 is 6.09 Å². The molecule has 0 saturated carbocycles. The predicted octanol–water partition coefficient (Wildman–Crippen LogP) is 4.75. The van der Waals surface area contributed by atoms with E-state index in [2.05, 4.69) is 55.0 Å². The Morgan fingerprint density at radius 1 is 1.26 bits per heavy atom. The standard InChI is InChI=1S/C24H34N4O2S/c1-17-7-8-18-20(15-17)31-24(19-16-28(25-21(18)19)14-13-26(5)6)9-11-27(12-10-24)22(29)30-23(2,3)4/h7-8,15-16H,9-14H2,1-6H3. The van der Waals surface area contributed by atoms with Crippen molar-refractivity contribution in [3.8, 4) is 11.3 Å². The van der Waals surface area contributed by atoms with Crippen LogP contribution in [-0.4, -0.2) is 65.0 Å². The summed E-state index contributed by atoms with van der Waals surface area (Å²) in [5.41, 5.74) is 4.45. The molecule has 0 N–H and O–H groups in total. The van der Waals surface area contributed by atoms with Crippen LogP contribution in [-0.2, 0) is 16.0 Å². The molecule has 1 spiro atoms. The molecule has 2 aliphatic rings. The van der Waals surface area contributed by atoms with Crippen molar-refractivity contribution in [2.24, 2.45) is 0 Å². The number of hydrogen-bond acceptors (Lipinski definition) is 5. The van der Waals surface area contributed by atoms with Gasteiger partial charge in [-0.25, -0.2) is 4.79 Å². The lowest BCUT2D eigenvalue weighted by molar-refractivity contribution is 0.0196. The van der Waals surface area contributed by atoms with Crippen molar-refractivity contribution >= 4 is 17.9 Å². The fourth-order valence-corrected chi connectivity index (χ4v) is 5.88. The van der Waals surface area contributed by atoms with Crippen molar-refractivity contribution < 1.29 is 9.53 Å². The molecule has 6 nitrogen and oxygen atoms in total. The maximum Gasteiger partial charge on any atom is 0.410 e. The average Bonchev–Trinajstić information content (AvgIpc) is 3.11. The lowest BCUT2D eigenvalue weighted by Gasteiger charge is -2.43. The number of piperidine rings is 1. The Balaban J connectivity index is 1.63. The largest absolute Gasteiger partial charge is 0.444 e. The summed E-state index contributed by atoms with van der Waals surface area (Å²) in [5.74, 6) is 0. The van der Waals surface area contributed by atoms with E-state index in [4.69, 9.17) is 9.84 Å². The first-order valence-electron chi connectivity index (χ1n) is 11.1. The zero-order valence-corrected chi connectivity index (χ0v) is 20.4. The molecule has 1 amide bonds. The predicted molar refractivity (Wildman–Crippen MR) is 126 cm³/mol. The molecule has 1 fully saturated rings. The molecule has 31 heavy (non-hydrogen) atoms. The third-order valence-electron chi connectivity index (χ3n) is 5.95. The molecule has 0 aliphatic carbocycles. The Morgan fingerprint density at radius 2 is 1.97 bits per heavy atom. The minimum absolute atomic E-state index is 0.0506. The van der Waals surface area contributed by atoms with Gasteiger partial charge in [-0.05, 0) is 66.3 Å². The van der Waals surface area contributed by atoms with Crippen LogP contribution in [0.1, 0.15) is 44.7 Å². The zero-order valence-electron chi connectivity index (χ0n) is 19.6. The molecule has 1 aromatic heterocycles. The molecular weight excluding hydrogens is 408 g/mol. The van der Waals surface area contributed by atoms with Crippen molar-refractivity contribution in [1.29, 1.82) is 0 Å². The van der Waals surface area contributed by atoms with Gasteiger partial charge in [-0.2, -0.15) is 5.10 Å². The minimum Gasteiger partial charge on any atom is -0.444 e. The van der Waals surface area contributed by atoms with Crippen LogP contribution in [0.15, 0.2) is 29.3 Å². The van der Waals surface area contributed by atoms with Gasteiger partial charge in [-0.15, -0.1) is 11.8 Å². The van der Waals surface area contributed by atoms with Gasteiger partial charge in [-0.3, -0.25) is 4.68 Å². The number of hydrogen-bond donors (Lipinski definition) is 0. The highest BCUT2D eigenvalue weighted by molar-refractivity contribution is 8.00.